The predicted molar refractivity (Wildman–Crippen MR) is 91.6 cm³/mol. The number of hydrogen-bond acceptors (Lipinski definition) is 6. The van der Waals surface area contributed by atoms with Crippen molar-refractivity contribution < 1.29 is 0 Å². The number of fused-ring (bicyclic) bond motifs is 1. The van der Waals surface area contributed by atoms with Gasteiger partial charge in [0.15, 0.2) is 11.5 Å². The monoisotopic (exact) mass is 321 g/mol. The largest absolute Gasteiger partial charge is 0.317 e. The Balaban J connectivity index is 1.59. The molecule has 0 aliphatic carbocycles. The molecule has 2 aromatic heterocycles. The third kappa shape index (κ3) is 3.03. The second-order valence-corrected chi connectivity index (χ2v) is 5.94. The number of piperidine rings is 1. The van der Waals surface area contributed by atoms with Gasteiger partial charge in [-0.3, -0.25) is 0 Å². The van der Waals surface area contributed by atoms with E-state index < -0.39 is 0 Å². The van der Waals surface area contributed by atoms with Crippen molar-refractivity contribution in [2.75, 3.05) is 19.6 Å². The fourth-order valence-corrected chi connectivity index (χ4v) is 2.96. The van der Waals surface area contributed by atoms with Crippen LogP contribution in [0, 0.1) is 5.92 Å². The van der Waals surface area contributed by atoms with Gasteiger partial charge in [0.05, 0.1) is 23.8 Å². The molecule has 3 aromatic rings. The lowest BCUT2D eigenvalue weighted by Gasteiger charge is -2.19. The molecule has 1 N–H and O–H groups in total. The molecule has 0 atom stereocenters. The number of hydrogen-bond donors (Lipinski definition) is 1. The summed E-state index contributed by atoms with van der Waals surface area (Å²) in [5.74, 6) is 1.19. The minimum absolute atomic E-state index is 0.580. The summed E-state index contributed by atoms with van der Waals surface area (Å²) in [5, 5.41) is 17.3. The van der Waals surface area contributed by atoms with Gasteiger partial charge in [0.1, 0.15) is 6.33 Å². The Labute approximate surface area is 139 Å². The number of rotatable bonds is 4. The summed E-state index contributed by atoms with van der Waals surface area (Å²) in [6.07, 6.45) is 5.58. The highest BCUT2D eigenvalue weighted by Gasteiger charge is 2.13. The van der Waals surface area contributed by atoms with Crippen LogP contribution in [0.1, 0.15) is 12.8 Å². The second kappa shape index (κ2) is 6.84. The van der Waals surface area contributed by atoms with E-state index in [2.05, 4.69) is 30.6 Å². The van der Waals surface area contributed by atoms with E-state index in [9.17, 15) is 0 Å². The van der Waals surface area contributed by atoms with E-state index in [1.54, 1.807) is 10.9 Å². The molecule has 4 rings (SSSR count). The molecule has 0 amide bonds. The topological polar surface area (TPSA) is 80.4 Å². The zero-order chi connectivity index (χ0) is 16.2. The molecule has 24 heavy (non-hydrogen) atoms. The van der Waals surface area contributed by atoms with E-state index in [1.165, 1.54) is 6.33 Å². The molecule has 1 aliphatic heterocycles. The maximum atomic E-state index is 4.43. The van der Waals surface area contributed by atoms with Gasteiger partial charge in [-0.25, -0.2) is 14.6 Å². The van der Waals surface area contributed by atoms with Crippen molar-refractivity contribution >= 4 is 16.9 Å². The molecule has 7 nitrogen and oxygen atoms in total. The van der Waals surface area contributed by atoms with E-state index in [0.29, 0.717) is 11.7 Å². The Bertz CT molecular complexity index is 835. The van der Waals surface area contributed by atoms with Gasteiger partial charge in [0, 0.05) is 0 Å². The number of aromatic nitrogens is 4. The van der Waals surface area contributed by atoms with Crippen LogP contribution < -0.4 is 5.32 Å². The summed E-state index contributed by atoms with van der Waals surface area (Å²) in [5.41, 5.74) is 1.70. The molecule has 1 fully saturated rings. The number of azo groups is 1. The van der Waals surface area contributed by atoms with Crippen LogP contribution in [0.2, 0.25) is 0 Å². The number of benzene rings is 1. The van der Waals surface area contributed by atoms with Crippen LogP contribution in [0.25, 0.3) is 16.7 Å². The van der Waals surface area contributed by atoms with Crippen LogP contribution >= 0.6 is 0 Å². The van der Waals surface area contributed by atoms with Crippen LogP contribution in [0.3, 0.4) is 0 Å². The molecule has 3 heterocycles. The number of para-hydroxylation sites is 1. The highest BCUT2D eigenvalue weighted by molar-refractivity contribution is 5.85. The molecule has 0 radical (unpaired) electrons. The third-order valence-corrected chi connectivity index (χ3v) is 4.31. The normalized spacial score (nSPS) is 16.2. The quantitative estimate of drug-likeness (QED) is 0.749. The molecule has 122 valence electrons. The molecule has 1 aromatic carbocycles. The molecule has 0 unspecified atom stereocenters. The lowest BCUT2D eigenvalue weighted by molar-refractivity contribution is 0.379. The first-order valence-electron chi connectivity index (χ1n) is 8.24. The number of nitrogens with one attached hydrogen (secondary N) is 1. The zero-order valence-corrected chi connectivity index (χ0v) is 13.3. The molecule has 0 saturated carbocycles. The van der Waals surface area contributed by atoms with E-state index in [4.69, 9.17) is 0 Å². The van der Waals surface area contributed by atoms with Gasteiger partial charge in [0.25, 0.3) is 0 Å². The standard InChI is InChI=1S/C17H19N7/c1-2-4-14(5-3-1)24-17-15(11-22-24)16(19-12-20-17)23-21-10-13-6-8-18-9-7-13/h1-5,11-13,18H,6-10H2. The Morgan fingerprint density at radius 1 is 1.12 bits per heavy atom. The lowest BCUT2D eigenvalue weighted by atomic mass is 9.99. The van der Waals surface area contributed by atoms with Crippen molar-refractivity contribution in [3.05, 3.63) is 42.9 Å². The SMILES string of the molecule is c1ccc(-n2ncc3c(N=NCC4CCNCC4)ncnc32)cc1. The average molecular weight is 321 g/mol. The summed E-state index contributed by atoms with van der Waals surface area (Å²) in [7, 11) is 0. The third-order valence-electron chi connectivity index (χ3n) is 4.31. The van der Waals surface area contributed by atoms with E-state index in [-0.39, 0.29) is 0 Å². The van der Waals surface area contributed by atoms with Gasteiger partial charge in [-0.2, -0.15) is 10.2 Å². The fraction of sp³-hybridized carbons (Fsp3) is 0.353. The Morgan fingerprint density at radius 2 is 1.96 bits per heavy atom. The molecular weight excluding hydrogens is 302 g/mol. The van der Waals surface area contributed by atoms with Gasteiger partial charge in [-0.1, -0.05) is 18.2 Å². The first kappa shape index (κ1) is 14.9. The lowest BCUT2D eigenvalue weighted by Crippen LogP contribution is -2.28. The maximum absolute atomic E-state index is 4.43. The Morgan fingerprint density at radius 3 is 2.79 bits per heavy atom. The van der Waals surface area contributed by atoms with Crippen LogP contribution in [0.4, 0.5) is 5.82 Å². The molecule has 0 spiro atoms. The first-order chi connectivity index (χ1) is 11.9. The van der Waals surface area contributed by atoms with Crippen LogP contribution in [0.5, 0.6) is 0 Å². The Kier molecular flexibility index (Phi) is 4.24. The van der Waals surface area contributed by atoms with Crippen molar-refractivity contribution in [2.24, 2.45) is 16.1 Å². The van der Waals surface area contributed by atoms with E-state index in [1.807, 2.05) is 30.3 Å². The number of nitrogens with zero attached hydrogens (tertiary/aromatic N) is 6. The second-order valence-electron chi connectivity index (χ2n) is 5.94. The van der Waals surface area contributed by atoms with Crippen LogP contribution in [0.15, 0.2) is 53.1 Å². The van der Waals surface area contributed by atoms with Gasteiger partial charge >= 0.3 is 0 Å². The highest BCUT2D eigenvalue weighted by atomic mass is 15.3. The molecule has 0 bridgehead atoms. The Hall–Kier alpha value is -2.67. The molecule has 1 aliphatic rings. The van der Waals surface area contributed by atoms with Gasteiger partial charge in [-0.05, 0) is 44.0 Å². The molecule has 1 saturated heterocycles. The summed E-state index contributed by atoms with van der Waals surface area (Å²) in [6, 6.07) is 9.91. The zero-order valence-electron chi connectivity index (χ0n) is 13.3. The molecular formula is C17H19N7. The van der Waals surface area contributed by atoms with Crippen LogP contribution in [-0.2, 0) is 0 Å². The van der Waals surface area contributed by atoms with Crippen molar-refractivity contribution in [3.8, 4) is 5.69 Å². The van der Waals surface area contributed by atoms with Crippen molar-refractivity contribution in [2.45, 2.75) is 12.8 Å². The maximum Gasteiger partial charge on any atom is 0.188 e. The fourth-order valence-electron chi connectivity index (χ4n) is 2.96. The minimum atomic E-state index is 0.580. The predicted octanol–water partition coefficient (Wildman–Crippen LogP) is 2.90. The highest BCUT2D eigenvalue weighted by Crippen LogP contribution is 2.24. The van der Waals surface area contributed by atoms with Crippen molar-refractivity contribution in [1.82, 2.24) is 25.1 Å². The van der Waals surface area contributed by atoms with E-state index in [0.717, 1.165) is 49.2 Å². The summed E-state index contributed by atoms with van der Waals surface area (Å²) in [6.45, 7) is 2.89. The summed E-state index contributed by atoms with van der Waals surface area (Å²) in [4.78, 5) is 8.61. The van der Waals surface area contributed by atoms with E-state index >= 15 is 0 Å². The average Bonchev–Trinajstić information content (AvgIpc) is 3.08. The van der Waals surface area contributed by atoms with Gasteiger partial charge in [-0.15, -0.1) is 5.11 Å². The van der Waals surface area contributed by atoms with Crippen molar-refractivity contribution in [3.63, 3.8) is 0 Å². The first-order valence-corrected chi connectivity index (χ1v) is 8.24. The summed E-state index contributed by atoms with van der Waals surface area (Å²) >= 11 is 0. The van der Waals surface area contributed by atoms with Crippen LogP contribution in [-0.4, -0.2) is 39.4 Å². The van der Waals surface area contributed by atoms with Gasteiger partial charge < -0.3 is 5.32 Å². The van der Waals surface area contributed by atoms with Crippen molar-refractivity contribution in [1.29, 1.82) is 0 Å². The van der Waals surface area contributed by atoms with Gasteiger partial charge in [0.2, 0.25) is 0 Å². The smallest absolute Gasteiger partial charge is 0.188 e. The molecule has 7 heteroatoms. The summed E-state index contributed by atoms with van der Waals surface area (Å²) < 4.78 is 1.79. The minimum Gasteiger partial charge on any atom is -0.317 e.